The second-order valence-corrected chi connectivity index (χ2v) is 16.8. The van der Waals surface area contributed by atoms with E-state index in [9.17, 15) is 0 Å². The molecule has 0 bridgehead atoms. The summed E-state index contributed by atoms with van der Waals surface area (Å²) in [6, 6.07) is 0.774. The smallest absolute Gasteiger partial charge is 0.0174 e. The van der Waals surface area contributed by atoms with Crippen molar-refractivity contribution in [2.75, 3.05) is 24.3 Å². The molecule has 0 N–H and O–H groups in total. The monoisotopic (exact) mass is 690 g/mol. The van der Waals surface area contributed by atoms with E-state index in [1.54, 1.807) is 0 Å². The highest BCUT2D eigenvalue weighted by Crippen LogP contribution is 2.29. The molecule has 0 aromatic heterocycles. The molecular weight excluding hydrogens is 595 g/mol. The molecule has 4 saturated carbocycles. The summed E-state index contributed by atoms with van der Waals surface area (Å²) >= 11 is 0. The highest BCUT2D eigenvalue weighted by Gasteiger charge is 2.17. The van der Waals surface area contributed by atoms with E-state index in [4.69, 9.17) is 0 Å². The Bertz CT molecular complexity index is 496. The first-order valence-electron chi connectivity index (χ1n) is 21.2. The van der Waals surface area contributed by atoms with Crippen LogP contribution in [0, 0.1) is 5.92 Å². The van der Waals surface area contributed by atoms with Gasteiger partial charge in [0.05, 0.1) is 0 Å². The Kier molecular flexibility index (Phi) is 55.0. The van der Waals surface area contributed by atoms with Gasteiger partial charge in [-0.1, -0.05) is 215 Å². The van der Waals surface area contributed by atoms with Crippen LogP contribution < -0.4 is 0 Å². The van der Waals surface area contributed by atoms with Crippen molar-refractivity contribution in [2.24, 2.45) is 5.92 Å². The third-order valence-corrected chi connectivity index (χ3v) is 12.6. The molecule has 2 saturated heterocycles. The van der Waals surface area contributed by atoms with Crippen LogP contribution in [0.2, 0.25) is 0 Å². The normalized spacial score (nSPS) is 26.0. The van der Waals surface area contributed by atoms with Crippen molar-refractivity contribution in [3.63, 3.8) is 0 Å². The molecule has 3 heteroatoms. The van der Waals surface area contributed by atoms with Crippen molar-refractivity contribution in [3.8, 4) is 0 Å². The van der Waals surface area contributed by atoms with Crippen molar-refractivity contribution in [1.29, 1.82) is 0 Å². The van der Waals surface area contributed by atoms with Crippen LogP contribution in [0.4, 0.5) is 0 Å². The van der Waals surface area contributed by atoms with Gasteiger partial charge in [-0.05, 0) is 50.7 Å². The van der Waals surface area contributed by atoms with Crippen LogP contribution in [0.15, 0.2) is 0 Å². The Balaban J connectivity index is -0.000000222. The summed E-state index contributed by atoms with van der Waals surface area (Å²) < 4.78 is 2.36. The van der Waals surface area contributed by atoms with Crippen molar-refractivity contribution < 1.29 is 0 Å². The van der Waals surface area contributed by atoms with Gasteiger partial charge in [-0.3, -0.25) is 4.31 Å². The van der Waals surface area contributed by atoms with Gasteiger partial charge in [-0.25, -0.2) is 0 Å². The van der Waals surface area contributed by atoms with E-state index < -0.39 is 0 Å². The molecule has 4 aliphatic carbocycles. The molecule has 0 aromatic carbocycles. The molecule has 284 valence electrons. The van der Waals surface area contributed by atoms with E-state index >= 15 is 0 Å². The van der Waals surface area contributed by atoms with Crippen LogP contribution in [0.1, 0.15) is 230 Å². The lowest BCUT2D eigenvalue weighted by Gasteiger charge is -2.19. The molecule has 0 aromatic rings. The summed E-state index contributed by atoms with van der Waals surface area (Å²) in [5.41, 5.74) is 0. The van der Waals surface area contributed by atoms with Gasteiger partial charge in [0.15, 0.2) is 0 Å². The molecule has 0 spiro atoms. The summed E-state index contributed by atoms with van der Waals surface area (Å²) in [6.07, 6.45) is 37.2. The lowest BCUT2D eigenvalue weighted by atomic mass is 10.0. The Hall–Kier alpha value is 0.400. The zero-order chi connectivity index (χ0) is 35.7. The molecule has 2 unspecified atom stereocenters. The van der Waals surface area contributed by atoms with Gasteiger partial charge < -0.3 is 0 Å². The van der Waals surface area contributed by atoms with Gasteiger partial charge in [0.1, 0.15) is 0 Å². The second-order valence-electron chi connectivity index (χ2n) is 12.8. The molecular formula is C43H95NS2. The molecule has 1 nitrogen and oxygen atoms in total. The van der Waals surface area contributed by atoms with Crippen LogP contribution in [0.25, 0.3) is 0 Å². The number of hydrogen-bond acceptors (Lipinski definition) is 1. The number of nitrogens with zero attached hydrogens (tertiary/aromatic N) is 1. The quantitative estimate of drug-likeness (QED) is 0.181. The molecule has 6 fully saturated rings. The molecule has 0 radical (unpaired) electrons. The van der Waals surface area contributed by atoms with Gasteiger partial charge in [0.2, 0.25) is 0 Å². The number of hydrogen-bond donors (Lipinski definition) is 0. The Morgan fingerprint density at radius 3 is 0.717 bits per heavy atom. The Morgan fingerprint density at radius 2 is 0.609 bits per heavy atom. The summed E-state index contributed by atoms with van der Waals surface area (Å²) in [5, 5.41) is 0. The van der Waals surface area contributed by atoms with Gasteiger partial charge >= 0.3 is 0 Å². The topological polar surface area (TPSA) is 3.24 Å². The van der Waals surface area contributed by atoms with Crippen LogP contribution in [0.3, 0.4) is 0 Å². The maximum absolute atomic E-state index is 4.06. The highest BCUT2D eigenvalue weighted by molar-refractivity contribution is 8.14. The molecule has 2 aliphatic heterocycles. The van der Waals surface area contributed by atoms with E-state index in [1.807, 2.05) is 55.4 Å². The van der Waals surface area contributed by atoms with Crippen LogP contribution >= 0.6 is 21.2 Å². The van der Waals surface area contributed by atoms with Crippen LogP contribution in [-0.4, -0.2) is 46.4 Å². The fraction of sp³-hybridized carbons (Fsp3) is 0.953. The average molecular weight is 690 g/mol. The minimum absolute atomic E-state index is 0.336. The zero-order valence-electron chi connectivity index (χ0n) is 34.6. The van der Waals surface area contributed by atoms with Gasteiger partial charge in [-0.2, -0.15) is 10.5 Å². The second kappa shape index (κ2) is 47.5. The molecule has 6 rings (SSSR count). The summed E-state index contributed by atoms with van der Waals surface area (Å²) in [5.74, 6) is 13.2. The molecule has 2 heterocycles. The Morgan fingerprint density at radius 1 is 0.391 bits per heavy atom. The van der Waals surface area contributed by atoms with Crippen molar-refractivity contribution >= 4 is 32.9 Å². The van der Waals surface area contributed by atoms with Gasteiger partial charge in [0.25, 0.3) is 0 Å². The highest BCUT2D eigenvalue weighted by atomic mass is 32.2. The van der Waals surface area contributed by atoms with Crippen molar-refractivity contribution in [3.05, 3.63) is 0 Å². The van der Waals surface area contributed by atoms with E-state index in [2.05, 4.69) is 36.9 Å². The molecule has 6 aliphatic rings. The van der Waals surface area contributed by atoms with Crippen molar-refractivity contribution in [2.45, 2.75) is 236 Å². The first-order valence-corrected chi connectivity index (χ1v) is 24.5. The predicted octanol–water partition coefficient (Wildman–Crippen LogP) is 16.1. The van der Waals surface area contributed by atoms with E-state index in [0.717, 1.165) is 12.0 Å². The Labute approximate surface area is 302 Å². The van der Waals surface area contributed by atoms with E-state index in [0.29, 0.717) is 21.2 Å². The minimum Gasteiger partial charge on any atom is -0.257 e. The summed E-state index contributed by atoms with van der Waals surface area (Å²) in [6.45, 7) is 20.6. The average Bonchev–Trinajstić information content (AvgIpc) is 3.68. The third-order valence-electron chi connectivity index (χ3n) is 9.10. The lowest BCUT2D eigenvalue weighted by molar-refractivity contribution is 0.456. The summed E-state index contributed by atoms with van der Waals surface area (Å²) in [7, 11) is 3.04. The third kappa shape index (κ3) is 40.6. The number of rotatable bonds is 0. The first kappa shape index (κ1) is 53.2. The fourth-order valence-corrected chi connectivity index (χ4v) is 8.49. The molecule has 46 heavy (non-hydrogen) atoms. The predicted molar refractivity (Wildman–Crippen MR) is 231 cm³/mol. The van der Waals surface area contributed by atoms with Crippen LogP contribution in [0.5, 0.6) is 0 Å². The van der Waals surface area contributed by atoms with E-state index in [1.165, 1.54) is 178 Å². The van der Waals surface area contributed by atoms with E-state index in [-0.39, 0.29) is 0 Å². The lowest BCUT2D eigenvalue weighted by Crippen LogP contribution is -2.15. The maximum Gasteiger partial charge on any atom is 0.0174 e. The largest absolute Gasteiger partial charge is 0.257 e. The van der Waals surface area contributed by atoms with Crippen molar-refractivity contribution in [1.82, 2.24) is 4.31 Å². The standard InChI is InChI=1S/C7H14S.C7H14.C6H13NS.C6H12.C5H10.C4H8.4C2H6/c1-7-3-5-8(2)6-4-7;1-2-4-6-7-5-3-1;1-6-4-5-8(3)7(6)2;1-2-4-6-5-3-1;1-2-4-5-3-1;1-2-4-3-1;4*1-2/h7H,2-6H2,1H3;1-7H2;6H,3-5H2,1-2H3;1-6H2;1-5H2;1-4H2;4*1-2H3. The minimum atomic E-state index is 0.336. The maximum atomic E-state index is 4.06. The fourth-order valence-electron chi connectivity index (χ4n) is 5.30. The zero-order valence-corrected chi connectivity index (χ0v) is 36.3. The molecule has 2 atom stereocenters. The van der Waals surface area contributed by atoms with Gasteiger partial charge in [-0.15, -0.1) is 10.7 Å². The SMILES string of the molecule is C1CCC1.C1CCCC1.C1CCCCC1.C1CCCCCC1.C=S1CCC(C)CC1.C=S1CCC(C)N1C.CC.CC.CC.CC. The van der Waals surface area contributed by atoms with Crippen LogP contribution in [-0.2, 0) is 0 Å². The summed E-state index contributed by atoms with van der Waals surface area (Å²) in [4.78, 5) is 0. The van der Waals surface area contributed by atoms with Gasteiger partial charge in [0, 0.05) is 11.8 Å². The molecule has 0 amide bonds. The first-order chi connectivity index (χ1) is 22.5.